The highest BCUT2D eigenvalue weighted by Crippen LogP contribution is 2.26. The molecule has 2 nitrogen and oxygen atoms in total. The van der Waals surface area contributed by atoms with Gasteiger partial charge in [0.25, 0.3) is 0 Å². The van der Waals surface area contributed by atoms with E-state index < -0.39 is 0 Å². The number of anilines is 1. The molecule has 0 unspecified atom stereocenters. The molecule has 1 aromatic rings. The SMILES string of the molecule is C=C(C)Nc1ccc(CCC(=C)N2CCC2=C)cc1. The molecule has 1 aliphatic heterocycles. The molecule has 19 heavy (non-hydrogen) atoms. The summed E-state index contributed by atoms with van der Waals surface area (Å²) in [4.78, 5) is 2.22. The van der Waals surface area contributed by atoms with Crippen molar-refractivity contribution in [2.24, 2.45) is 0 Å². The van der Waals surface area contributed by atoms with Crippen molar-refractivity contribution in [1.82, 2.24) is 4.90 Å². The molecule has 1 aliphatic rings. The first-order chi connectivity index (χ1) is 9.06. The fraction of sp³-hybridized carbons (Fsp3) is 0.294. The molecule has 0 amide bonds. The summed E-state index contributed by atoms with van der Waals surface area (Å²) in [6.07, 6.45) is 3.13. The maximum atomic E-state index is 4.14. The van der Waals surface area contributed by atoms with Gasteiger partial charge in [0.1, 0.15) is 0 Å². The number of hydrogen-bond acceptors (Lipinski definition) is 2. The predicted molar refractivity (Wildman–Crippen MR) is 82.8 cm³/mol. The van der Waals surface area contributed by atoms with Gasteiger partial charge in [-0.05, 0) is 37.5 Å². The predicted octanol–water partition coefficient (Wildman–Crippen LogP) is 4.30. The minimum Gasteiger partial charge on any atom is -0.360 e. The average molecular weight is 254 g/mol. The molecule has 0 aromatic heterocycles. The average Bonchev–Trinajstić information content (AvgIpc) is 2.35. The van der Waals surface area contributed by atoms with Gasteiger partial charge in [0, 0.05) is 35.7 Å². The van der Waals surface area contributed by atoms with E-state index in [-0.39, 0.29) is 0 Å². The van der Waals surface area contributed by atoms with Crippen LogP contribution in [0.25, 0.3) is 0 Å². The van der Waals surface area contributed by atoms with Crippen molar-refractivity contribution >= 4 is 5.69 Å². The van der Waals surface area contributed by atoms with Gasteiger partial charge in [-0.3, -0.25) is 0 Å². The minimum absolute atomic E-state index is 0.956. The number of benzene rings is 1. The van der Waals surface area contributed by atoms with Crippen molar-refractivity contribution in [2.45, 2.75) is 26.2 Å². The molecule has 1 heterocycles. The van der Waals surface area contributed by atoms with Crippen LogP contribution in [0, 0.1) is 0 Å². The number of hydrogen-bond donors (Lipinski definition) is 1. The van der Waals surface area contributed by atoms with Crippen molar-refractivity contribution in [1.29, 1.82) is 0 Å². The fourth-order valence-corrected chi connectivity index (χ4v) is 2.19. The lowest BCUT2D eigenvalue weighted by molar-refractivity contribution is 0.315. The molecular formula is C17H22N2. The maximum absolute atomic E-state index is 4.14. The lowest BCUT2D eigenvalue weighted by atomic mass is 10.0. The molecule has 0 saturated carbocycles. The first-order valence-corrected chi connectivity index (χ1v) is 6.71. The van der Waals surface area contributed by atoms with Crippen LogP contribution in [-0.2, 0) is 6.42 Å². The zero-order valence-electron chi connectivity index (χ0n) is 11.7. The maximum Gasteiger partial charge on any atom is 0.0381 e. The Morgan fingerprint density at radius 3 is 2.42 bits per heavy atom. The van der Waals surface area contributed by atoms with Crippen LogP contribution in [0.2, 0.25) is 0 Å². The van der Waals surface area contributed by atoms with E-state index in [9.17, 15) is 0 Å². The van der Waals surface area contributed by atoms with Gasteiger partial charge in [0.05, 0.1) is 0 Å². The third-order valence-electron chi connectivity index (χ3n) is 3.40. The normalized spacial score (nSPS) is 13.9. The number of nitrogens with zero attached hydrogens (tertiary/aromatic N) is 1. The van der Waals surface area contributed by atoms with Crippen LogP contribution in [0.15, 0.2) is 61.1 Å². The van der Waals surface area contributed by atoms with E-state index in [1.165, 1.54) is 17.0 Å². The van der Waals surface area contributed by atoms with Gasteiger partial charge in [0.2, 0.25) is 0 Å². The zero-order chi connectivity index (χ0) is 13.8. The van der Waals surface area contributed by atoms with E-state index >= 15 is 0 Å². The van der Waals surface area contributed by atoms with Gasteiger partial charge < -0.3 is 10.2 Å². The Balaban J connectivity index is 1.84. The number of nitrogens with one attached hydrogen (secondary N) is 1. The van der Waals surface area contributed by atoms with Crippen LogP contribution < -0.4 is 5.32 Å². The molecule has 0 bridgehead atoms. The van der Waals surface area contributed by atoms with Gasteiger partial charge in [-0.2, -0.15) is 0 Å². The Bertz CT molecular complexity index is 496. The summed E-state index contributed by atoms with van der Waals surface area (Å²) in [5.41, 5.74) is 5.76. The van der Waals surface area contributed by atoms with Crippen LogP contribution in [0.5, 0.6) is 0 Å². The van der Waals surface area contributed by atoms with Crippen molar-refractivity contribution < 1.29 is 0 Å². The summed E-state index contributed by atoms with van der Waals surface area (Å²) < 4.78 is 0. The highest BCUT2D eigenvalue weighted by Gasteiger charge is 2.19. The fourth-order valence-electron chi connectivity index (χ4n) is 2.19. The largest absolute Gasteiger partial charge is 0.360 e. The molecule has 1 N–H and O–H groups in total. The third-order valence-corrected chi connectivity index (χ3v) is 3.40. The summed E-state index contributed by atoms with van der Waals surface area (Å²) in [6, 6.07) is 8.50. The van der Waals surface area contributed by atoms with E-state index in [0.717, 1.165) is 37.2 Å². The number of aryl methyl sites for hydroxylation is 1. The highest BCUT2D eigenvalue weighted by atomic mass is 15.2. The monoisotopic (exact) mass is 254 g/mol. The molecule has 1 fully saturated rings. The van der Waals surface area contributed by atoms with Gasteiger partial charge >= 0.3 is 0 Å². The Kier molecular flexibility index (Phi) is 4.10. The first-order valence-electron chi connectivity index (χ1n) is 6.71. The van der Waals surface area contributed by atoms with Crippen molar-refractivity contribution in [3.63, 3.8) is 0 Å². The number of allylic oxidation sites excluding steroid dienone is 2. The first kappa shape index (κ1) is 13.5. The van der Waals surface area contributed by atoms with Crippen molar-refractivity contribution in [2.75, 3.05) is 11.9 Å². The summed E-state index contributed by atoms with van der Waals surface area (Å²) in [5.74, 6) is 0. The van der Waals surface area contributed by atoms with Crippen molar-refractivity contribution in [3.05, 3.63) is 66.7 Å². The lowest BCUT2D eigenvalue weighted by Gasteiger charge is -2.37. The second kappa shape index (κ2) is 5.79. The lowest BCUT2D eigenvalue weighted by Crippen LogP contribution is -2.33. The quantitative estimate of drug-likeness (QED) is 0.814. The summed E-state index contributed by atoms with van der Waals surface area (Å²) in [6.45, 7) is 15.0. The number of rotatable bonds is 6. The van der Waals surface area contributed by atoms with Gasteiger partial charge in [0.15, 0.2) is 0 Å². The van der Waals surface area contributed by atoms with E-state index in [1.54, 1.807) is 0 Å². The molecule has 1 aromatic carbocycles. The van der Waals surface area contributed by atoms with Gasteiger partial charge in [-0.25, -0.2) is 0 Å². The summed E-state index contributed by atoms with van der Waals surface area (Å²) in [7, 11) is 0. The summed E-state index contributed by atoms with van der Waals surface area (Å²) >= 11 is 0. The Morgan fingerprint density at radius 1 is 1.26 bits per heavy atom. The molecule has 0 spiro atoms. The van der Waals surface area contributed by atoms with E-state index in [2.05, 4.69) is 54.2 Å². The molecule has 2 heteroatoms. The van der Waals surface area contributed by atoms with Crippen molar-refractivity contribution in [3.8, 4) is 0 Å². The highest BCUT2D eigenvalue weighted by molar-refractivity contribution is 5.48. The van der Waals surface area contributed by atoms with Crippen LogP contribution in [0.3, 0.4) is 0 Å². The van der Waals surface area contributed by atoms with E-state index in [4.69, 9.17) is 0 Å². The molecule has 2 rings (SSSR count). The molecular weight excluding hydrogens is 232 g/mol. The Labute approximate surface area is 116 Å². The molecule has 0 atom stereocenters. The standard InChI is InChI=1S/C17H22N2/c1-13(2)18-17-9-7-16(8-10-17)6-5-14(3)19-12-11-15(19)4/h7-10,18H,1,3-6,11-12H2,2H3. The second-order valence-corrected chi connectivity index (χ2v) is 5.14. The summed E-state index contributed by atoms with van der Waals surface area (Å²) in [5, 5.41) is 3.21. The Morgan fingerprint density at radius 2 is 1.95 bits per heavy atom. The topological polar surface area (TPSA) is 15.3 Å². The molecule has 100 valence electrons. The van der Waals surface area contributed by atoms with E-state index in [0.29, 0.717) is 0 Å². The minimum atomic E-state index is 0.956. The smallest absolute Gasteiger partial charge is 0.0381 e. The molecule has 0 aliphatic carbocycles. The third kappa shape index (κ3) is 3.50. The Hall–Kier alpha value is -1.96. The molecule has 0 radical (unpaired) electrons. The zero-order valence-corrected chi connectivity index (χ0v) is 11.7. The van der Waals surface area contributed by atoms with Crippen LogP contribution in [-0.4, -0.2) is 11.4 Å². The van der Waals surface area contributed by atoms with Crippen LogP contribution in [0.4, 0.5) is 5.69 Å². The molecule has 1 saturated heterocycles. The van der Waals surface area contributed by atoms with Crippen LogP contribution in [0.1, 0.15) is 25.3 Å². The number of likely N-dealkylation sites (tertiary alicyclic amines) is 1. The van der Waals surface area contributed by atoms with Gasteiger partial charge in [-0.15, -0.1) is 0 Å². The van der Waals surface area contributed by atoms with Gasteiger partial charge in [-0.1, -0.05) is 31.9 Å². The van der Waals surface area contributed by atoms with Crippen LogP contribution >= 0.6 is 0 Å². The second-order valence-electron chi connectivity index (χ2n) is 5.14. The van der Waals surface area contributed by atoms with E-state index in [1.807, 2.05) is 6.92 Å².